The SMILES string of the molecule is CC[C@]1(C(=O)NC(CC(=O)O)C(=O)CF)C=C(c2cc3ccccc3cn2)NO1. The Morgan fingerprint density at radius 2 is 2.03 bits per heavy atom. The Morgan fingerprint density at radius 3 is 2.69 bits per heavy atom. The molecule has 0 saturated carbocycles. The smallest absolute Gasteiger partial charge is 0.305 e. The summed E-state index contributed by atoms with van der Waals surface area (Å²) in [6, 6.07) is 8.00. The third-order valence-corrected chi connectivity index (χ3v) is 4.74. The van der Waals surface area contributed by atoms with Crippen molar-refractivity contribution in [3.05, 3.63) is 48.3 Å². The number of carbonyl (C=O) groups is 3. The van der Waals surface area contributed by atoms with Crippen LogP contribution < -0.4 is 10.8 Å². The van der Waals surface area contributed by atoms with Crippen molar-refractivity contribution in [3.8, 4) is 0 Å². The van der Waals surface area contributed by atoms with Crippen LogP contribution in [-0.2, 0) is 19.2 Å². The third-order valence-electron chi connectivity index (χ3n) is 4.74. The maximum absolute atomic E-state index is 12.8. The van der Waals surface area contributed by atoms with Crippen LogP contribution in [0.5, 0.6) is 0 Å². The number of hydrogen-bond acceptors (Lipinski definition) is 6. The van der Waals surface area contributed by atoms with Gasteiger partial charge in [-0.3, -0.25) is 29.7 Å². The Morgan fingerprint density at radius 1 is 1.31 bits per heavy atom. The third kappa shape index (κ3) is 4.24. The molecular weight excluding hydrogens is 381 g/mol. The summed E-state index contributed by atoms with van der Waals surface area (Å²) in [5.74, 6) is -3.08. The lowest BCUT2D eigenvalue weighted by molar-refractivity contribution is -0.147. The van der Waals surface area contributed by atoms with E-state index in [0.29, 0.717) is 11.4 Å². The van der Waals surface area contributed by atoms with Gasteiger partial charge in [0.2, 0.25) is 0 Å². The number of carbonyl (C=O) groups excluding carboxylic acids is 2. The van der Waals surface area contributed by atoms with Gasteiger partial charge in [0.25, 0.3) is 5.91 Å². The number of aliphatic carboxylic acids is 1. The Bertz CT molecular complexity index is 993. The first kappa shape index (κ1) is 20.4. The summed E-state index contributed by atoms with van der Waals surface area (Å²) in [5.41, 5.74) is 2.20. The van der Waals surface area contributed by atoms with E-state index in [-0.39, 0.29) is 6.42 Å². The molecule has 1 unspecified atom stereocenters. The second-order valence-electron chi connectivity index (χ2n) is 6.65. The molecule has 2 heterocycles. The minimum atomic E-state index is -1.49. The van der Waals surface area contributed by atoms with Crippen molar-refractivity contribution in [2.45, 2.75) is 31.4 Å². The lowest BCUT2D eigenvalue weighted by Gasteiger charge is -2.25. The first-order valence-corrected chi connectivity index (χ1v) is 9.02. The zero-order valence-corrected chi connectivity index (χ0v) is 15.6. The Balaban J connectivity index is 1.86. The number of fused-ring (bicyclic) bond motifs is 1. The first-order valence-electron chi connectivity index (χ1n) is 9.02. The van der Waals surface area contributed by atoms with Crippen LogP contribution in [0, 0.1) is 0 Å². The topological polar surface area (TPSA) is 118 Å². The number of hydrogen-bond donors (Lipinski definition) is 3. The molecule has 1 amide bonds. The van der Waals surface area contributed by atoms with Gasteiger partial charge in [0.05, 0.1) is 17.8 Å². The largest absolute Gasteiger partial charge is 0.481 e. The number of nitrogens with one attached hydrogen (secondary N) is 2. The van der Waals surface area contributed by atoms with Gasteiger partial charge >= 0.3 is 5.97 Å². The fourth-order valence-corrected chi connectivity index (χ4v) is 3.04. The second-order valence-corrected chi connectivity index (χ2v) is 6.65. The molecule has 1 aliphatic rings. The van der Waals surface area contributed by atoms with Crippen molar-refractivity contribution in [1.29, 1.82) is 0 Å². The van der Waals surface area contributed by atoms with Crippen LogP contribution in [0.3, 0.4) is 0 Å². The molecule has 1 aromatic carbocycles. The van der Waals surface area contributed by atoms with Gasteiger partial charge in [0.15, 0.2) is 11.4 Å². The van der Waals surface area contributed by atoms with E-state index in [4.69, 9.17) is 9.94 Å². The minimum Gasteiger partial charge on any atom is -0.481 e. The van der Waals surface area contributed by atoms with Crippen LogP contribution >= 0.6 is 0 Å². The van der Waals surface area contributed by atoms with Gasteiger partial charge in [-0.1, -0.05) is 31.2 Å². The van der Waals surface area contributed by atoms with Crippen molar-refractivity contribution in [2.75, 3.05) is 6.67 Å². The van der Waals surface area contributed by atoms with E-state index in [1.807, 2.05) is 30.3 Å². The number of rotatable bonds is 8. The average molecular weight is 401 g/mol. The van der Waals surface area contributed by atoms with Crippen molar-refractivity contribution in [2.24, 2.45) is 0 Å². The molecule has 0 radical (unpaired) electrons. The van der Waals surface area contributed by atoms with Gasteiger partial charge in [-0.25, -0.2) is 4.39 Å². The molecule has 2 atom stereocenters. The molecule has 0 fully saturated rings. The first-order chi connectivity index (χ1) is 13.9. The molecule has 29 heavy (non-hydrogen) atoms. The van der Waals surface area contributed by atoms with Gasteiger partial charge in [-0.05, 0) is 23.9 Å². The van der Waals surface area contributed by atoms with E-state index in [2.05, 4.69) is 15.8 Å². The molecule has 1 aliphatic heterocycles. The van der Waals surface area contributed by atoms with E-state index >= 15 is 0 Å². The number of ketones is 1. The molecule has 152 valence electrons. The molecule has 8 nitrogen and oxygen atoms in total. The molecule has 3 rings (SSSR count). The number of carboxylic acids is 1. The zero-order chi connectivity index (χ0) is 21.0. The van der Waals surface area contributed by atoms with Crippen molar-refractivity contribution in [3.63, 3.8) is 0 Å². The Labute approximate surface area is 165 Å². The summed E-state index contributed by atoms with van der Waals surface area (Å²) >= 11 is 0. The van der Waals surface area contributed by atoms with Crippen molar-refractivity contribution < 1.29 is 28.7 Å². The van der Waals surface area contributed by atoms with Gasteiger partial charge in [-0.15, -0.1) is 0 Å². The zero-order valence-electron chi connectivity index (χ0n) is 15.6. The summed E-state index contributed by atoms with van der Waals surface area (Å²) in [6.45, 7) is 0.316. The number of pyridine rings is 1. The van der Waals surface area contributed by atoms with Crippen LogP contribution in [-0.4, -0.2) is 46.1 Å². The van der Waals surface area contributed by atoms with Crippen LogP contribution in [0.15, 0.2) is 42.6 Å². The van der Waals surface area contributed by atoms with Crippen LogP contribution in [0.2, 0.25) is 0 Å². The fourth-order valence-electron chi connectivity index (χ4n) is 3.04. The fraction of sp³-hybridized carbons (Fsp3) is 0.300. The summed E-state index contributed by atoms with van der Waals surface area (Å²) < 4.78 is 12.7. The van der Waals surface area contributed by atoms with Crippen molar-refractivity contribution in [1.82, 2.24) is 15.8 Å². The van der Waals surface area contributed by atoms with Gasteiger partial charge in [-0.2, -0.15) is 0 Å². The summed E-state index contributed by atoms with van der Waals surface area (Å²) in [6.07, 6.45) is 2.69. The highest BCUT2D eigenvalue weighted by Gasteiger charge is 2.43. The number of nitrogens with zero attached hydrogens (tertiary/aromatic N) is 1. The standard InChI is InChI=1S/C20H20FN3O5/c1-2-20(19(28)23-15(8-18(26)27)17(25)10-21)9-16(24-29-20)14-7-12-5-3-4-6-13(12)11-22-14/h3-7,9,11,15,24H,2,8,10H2,1H3,(H,23,28)(H,26,27)/t15?,20-/m1/s1. The van der Waals surface area contributed by atoms with E-state index in [9.17, 15) is 18.8 Å². The number of halogens is 1. The van der Waals surface area contributed by atoms with E-state index < -0.39 is 42.4 Å². The maximum atomic E-state index is 12.8. The average Bonchev–Trinajstić information content (AvgIpc) is 3.18. The van der Waals surface area contributed by atoms with Crippen LogP contribution in [0.1, 0.15) is 25.5 Å². The summed E-state index contributed by atoms with van der Waals surface area (Å²) in [4.78, 5) is 45.3. The molecular formula is C20H20FN3O5. The normalized spacial score (nSPS) is 19.3. The molecule has 0 bridgehead atoms. The lowest BCUT2D eigenvalue weighted by Crippen LogP contribution is -2.53. The number of benzene rings is 1. The maximum Gasteiger partial charge on any atom is 0.305 e. The quantitative estimate of drug-likeness (QED) is 0.617. The van der Waals surface area contributed by atoms with Gasteiger partial charge < -0.3 is 10.4 Å². The van der Waals surface area contributed by atoms with E-state index in [1.165, 1.54) is 6.08 Å². The van der Waals surface area contributed by atoms with E-state index in [1.54, 1.807) is 13.1 Å². The number of aromatic nitrogens is 1. The highest BCUT2D eigenvalue weighted by atomic mass is 19.1. The highest BCUT2D eigenvalue weighted by Crippen LogP contribution is 2.29. The number of amides is 1. The van der Waals surface area contributed by atoms with E-state index in [0.717, 1.165) is 10.8 Å². The predicted molar refractivity (Wildman–Crippen MR) is 102 cm³/mol. The molecule has 2 aromatic rings. The monoisotopic (exact) mass is 401 g/mol. The predicted octanol–water partition coefficient (Wildman–Crippen LogP) is 1.76. The molecule has 9 heteroatoms. The number of hydroxylamine groups is 1. The molecule has 3 N–H and O–H groups in total. The van der Waals surface area contributed by atoms with Gasteiger partial charge in [0.1, 0.15) is 12.7 Å². The molecule has 1 aromatic heterocycles. The van der Waals surface area contributed by atoms with Crippen LogP contribution in [0.25, 0.3) is 16.5 Å². The second kappa shape index (κ2) is 8.36. The van der Waals surface area contributed by atoms with Crippen molar-refractivity contribution >= 4 is 34.1 Å². The number of carboxylic acid groups (broad SMARTS) is 1. The summed E-state index contributed by atoms with van der Waals surface area (Å²) in [5, 5.41) is 13.1. The molecule has 0 saturated heterocycles. The molecule has 0 aliphatic carbocycles. The summed E-state index contributed by atoms with van der Waals surface area (Å²) in [7, 11) is 0. The van der Waals surface area contributed by atoms with Crippen LogP contribution in [0.4, 0.5) is 4.39 Å². The molecule has 0 spiro atoms. The number of alkyl halides is 1. The lowest BCUT2D eigenvalue weighted by atomic mass is 9.96. The number of Topliss-reactive ketones (excluding diaryl/α,β-unsaturated/α-hetero) is 1. The minimum absolute atomic E-state index is 0.187. The van der Waals surface area contributed by atoms with Gasteiger partial charge in [0, 0.05) is 11.6 Å². The Kier molecular flexibility index (Phi) is 5.88. The highest BCUT2D eigenvalue weighted by molar-refractivity contribution is 5.97. The Hall–Kier alpha value is -3.33.